The number of carbonyl (C=O) groups is 1. The summed E-state index contributed by atoms with van der Waals surface area (Å²) in [5, 5.41) is 2.64. The molecule has 0 aromatic heterocycles. The topological polar surface area (TPSA) is 162 Å². The fourth-order valence-electron chi connectivity index (χ4n) is 3.99. The van der Waals surface area contributed by atoms with E-state index >= 15 is 0 Å². The van der Waals surface area contributed by atoms with Crippen LogP contribution in [-0.2, 0) is 72.9 Å². The van der Waals surface area contributed by atoms with Gasteiger partial charge in [-0.1, -0.05) is 30.3 Å². The maximum Gasteiger partial charge on any atom is 0.407 e. The standard InChI is InChI=1S/C38H70N2O15/c1-40(2)9-11-43-13-15-45-17-19-47-21-23-49-25-27-51-29-31-53-33-35-54-34-32-52-30-28-50-26-24-48-22-20-46-18-16-44-14-12-42-10-8-39-38(41)55-36-37-6-4-3-5-7-37/h3-7H,8-36H2,1-2H3,(H,39,41). The Labute approximate surface area is 328 Å². The molecule has 0 bridgehead atoms. The van der Waals surface area contributed by atoms with E-state index in [1.54, 1.807) is 0 Å². The van der Waals surface area contributed by atoms with Gasteiger partial charge in [-0.15, -0.1) is 0 Å². The van der Waals surface area contributed by atoms with Gasteiger partial charge in [0.25, 0.3) is 0 Å². The highest BCUT2D eigenvalue weighted by Gasteiger charge is 2.02. The Morgan fingerprint density at radius 2 is 0.691 bits per heavy atom. The minimum Gasteiger partial charge on any atom is -0.445 e. The van der Waals surface area contributed by atoms with Crippen molar-refractivity contribution in [2.24, 2.45) is 0 Å². The average Bonchev–Trinajstić information content (AvgIpc) is 3.19. The lowest BCUT2D eigenvalue weighted by atomic mass is 10.2. The van der Waals surface area contributed by atoms with Crippen LogP contribution in [0.1, 0.15) is 5.56 Å². The Morgan fingerprint density at radius 3 is 0.982 bits per heavy atom. The van der Waals surface area contributed by atoms with Crippen LogP contribution >= 0.6 is 0 Å². The van der Waals surface area contributed by atoms with Crippen LogP contribution in [-0.4, -0.2) is 210 Å². The number of nitrogens with zero attached hydrogens (tertiary/aromatic N) is 1. The summed E-state index contributed by atoms with van der Waals surface area (Å²) in [5.41, 5.74) is 0.936. The van der Waals surface area contributed by atoms with E-state index in [0.29, 0.717) is 178 Å². The lowest BCUT2D eigenvalue weighted by Gasteiger charge is -2.10. The van der Waals surface area contributed by atoms with Crippen molar-refractivity contribution in [3.63, 3.8) is 0 Å². The zero-order valence-corrected chi connectivity index (χ0v) is 33.5. The second-order valence-corrected chi connectivity index (χ2v) is 11.8. The van der Waals surface area contributed by atoms with Gasteiger partial charge in [0.1, 0.15) is 6.61 Å². The Kier molecular flexibility index (Phi) is 39.9. The molecule has 1 aromatic rings. The first-order valence-corrected chi connectivity index (χ1v) is 19.3. The molecule has 0 aliphatic rings. The highest BCUT2D eigenvalue weighted by molar-refractivity contribution is 5.67. The van der Waals surface area contributed by atoms with Gasteiger partial charge in [0.2, 0.25) is 0 Å². The molecule has 55 heavy (non-hydrogen) atoms. The van der Waals surface area contributed by atoms with Gasteiger partial charge in [-0.05, 0) is 19.7 Å². The molecule has 1 rings (SSSR count). The monoisotopic (exact) mass is 794 g/mol. The van der Waals surface area contributed by atoms with Gasteiger partial charge in [-0.3, -0.25) is 0 Å². The predicted octanol–water partition coefficient (Wildman–Crippen LogP) is 1.69. The molecule has 1 amide bonds. The van der Waals surface area contributed by atoms with Crippen LogP contribution in [0.25, 0.3) is 0 Å². The zero-order chi connectivity index (χ0) is 39.4. The summed E-state index contributed by atoms with van der Waals surface area (Å²) < 4.78 is 76.3. The Hall–Kier alpha value is -2.07. The van der Waals surface area contributed by atoms with Gasteiger partial charge >= 0.3 is 6.09 Å². The Morgan fingerprint density at radius 1 is 0.418 bits per heavy atom. The third kappa shape index (κ3) is 41.4. The Balaban J connectivity index is 1.62. The van der Waals surface area contributed by atoms with Crippen LogP contribution in [0.3, 0.4) is 0 Å². The number of benzene rings is 1. The summed E-state index contributed by atoms with van der Waals surface area (Å²) in [6.07, 6.45) is -0.470. The third-order valence-electron chi connectivity index (χ3n) is 6.88. The third-order valence-corrected chi connectivity index (χ3v) is 6.88. The van der Waals surface area contributed by atoms with Crippen molar-refractivity contribution in [1.82, 2.24) is 10.2 Å². The minimum absolute atomic E-state index is 0.236. The fourth-order valence-corrected chi connectivity index (χ4v) is 3.99. The molecule has 0 radical (unpaired) electrons. The first-order valence-electron chi connectivity index (χ1n) is 19.3. The molecule has 1 N–H and O–H groups in total. The molecule has 0 aliphatic heterocycles. The van der Waals surface area contributed by atoms with Crippen LogP contribution in [0.4, 0.5) is 4.79 Å². The van der Waals surface area contributed by atoms with E-state index < -0.39 is 6.09 Å². The van der Waals surface area contributed by atoms with E-state index in [1.165, 1.54) is 0 Å². The van der Waals surface area contributed by atoms with Gasteiger partial charge in [0.05, 0.1) is 172 Å². The first kappa shape index (κ1) is 50.9. The number of hydrogen-bond acceptors (Lipinski definition) is 16. The lowest BCUT2D eigenvalue weighted by Crippen LogP contribution is -2.28. The summed E-state index contributed by atoms with van der Waals surface area (Å²) >= 11 is 0. The van der Waals surface area contributed by atoms with Crippen molar-refractivity contribution in [3.8, 4) is 0 Å². The van der Waals surface area contributed by atoms with Crippen molar-refractivity contribution in [2.75, 3.05) is 199 Å². The number of alkyl carbamates (subject to hydrolysis) is 1. The quantitative estimate of drug-likeness (QED) is 0.0950. The van der Waals surface area contributed by atoms with E-state index in [9.17, 15) is 4.79 Å². The van der Waals surface area contributed by atoms with E-state index in [1.807, 2.05) is 44.4 Å². The second kappa shape index (κ2) is 43.1. The Bertz CT molecular complexity index is 908. The second-order valence-electron chi connectivity index (χ2n) is 11.8. The molecule has 1 aromatic carbocycles. The molecule has 0 unspecified atom stereocenters. The number of rotatable bonds is 44. The molecule has 0 atom stereocenters. The summed E-state index contributed by atoms with van der Waals surface area (Å²) in [4.78, 5) is 13.7. The molecule has 0 heterocycles. The van der Waals surface area contributed by atoms with Crippen molar-refractivity contribution in [3.05, 3.63) is 35.9 Å². The highest BCUT2D eigenvalue weighted by Crippen LogP contribution is 2.00. The molecule has 0 aliphatic carbocycles. The predicted molar refractivity (Wildman–Crippen MR) is 204 cm³/mol. The van der Waals surface area contributed by atoms with Gasteiger partial charge in [-0.2, -0.15) is 0 Å². The van der Waals surface area contributed by atoms with Crippen LogP contribution in [0.5, 0.6) is 0 Å². The minimum atomic E-state index is -0.470. The van der Waals surface area contributed by atoms with Crippen LogP contribution in [0.2, 0.25) is 0 Å². The summed E-state index contributed by atoms with van der Waals surface area (Å²) in [5.74, 6) is 0. The van der Waals surface area contributed by atoms with Gasteiger partial charge < -0.3 is 76.5 Å². The van der Waals surface area contributed by atoms with Gasteiger partial charge in [-0.25, -0.2) is 4.79 Å². The molecular formula is C38H70N2O15. The first-order chi connectivity index (χ1) is 27.2. The summed E-state index contributed by atoms with van der Waals surface area (Å²) in [6, 6.07) is 9.51. The number of likely N-dealkylation sites (N-methyl/N-ethyl adjacent to an activating group) is 1. The molecule has 0 saturated carbocycles. The van der Waals surface area contributed by atoms with Gasteiger partial charge in [0.15, 0.2) is 0 Å². The lowest BCUT2D eigenvalue weighted by molar-refractivity contribution is -0.0290. The summed E-state index contributed by atoms with van der Waals surface area (Å²) in [7, 11) is 4.04. The SMILES string of the molecule is CN(C)CCOCCOCCOCCOCCOCCOCCOCCOCCOCCOCCOCCOCCOCCNC(=O)OCc1ccccc1. The zero-order valence-electron chi connectivity index (χ0n) is 33.5. The maximum atomic E-state index is 11.7. The van der Waals surface area contributed by atoms with E-state index in [0.717, 1.165) is 12.1 Å². The van der Waals surface area contributed by atoms with E-state index in [4.69, 9.17) is 66.3 Å². The van der Waals surface area contributed by atoms with Crippen LogP contribution < -0.4 is 5.32 Å². The van der Waals surface area contributed by atoms with E-state index in [-0.39, 0.29) is 6.61 Å². The van der Waals surface area contributed by atoms with Crippen LogP contribution in [0, 0.1) is 0 Å². The molecule has 17 heteroatoms. The number of nitrogens with one attached hydrogen (secondary N) is 1. The fraction of sp³-hybridized carbons (Fsp3) is 0.816. The number of amides is 1. The highest BCUT2D eigenvalue weighted by atomic mass is 16.6. The average molecular weight is 795 g/mol. The van der Waals surface area contributed by atoms with Crippen molar-refractivity contribution >= 4 is 6.09 Å². The number of ether oxygens (including phenoxy) is 14. The molecule has 17 nitrogen and oxygen atoms in total. The molecule has 0 saturated heterocycles. The molecule has 0 fully saturated rings. The number of carbonyl (C=O) groups excluding carboxylic acids is 1. The normalized spacial score (nSPS) is 11.5. The summed E-state index contributed by atoms with van der Waals surface area (Å²) in [6.45, 7) is 14.6. The van der Waals surface area contributed by atoms with E-state index in [2.05, 4.69) is 10.2 Å². The van der Waals surface area contributed by atoms with Crippen molar-refractivity contribution in [1.29, 1.82) is 0 Å². The maximum absolute atomic E-state index is 11.7. The number of hydrogen-bond donors (Lipinski definition) is 1. The smallest absolute Gasteiger partial charge is 0.407 e. The molecule has 0 spiro atoms. The van der Waals surface area contributed by atoms with Crippen molar-refractivity contribution in [2.45, 2.75) is 6.61 Å². The molecular weight excluding hydrogens is 724 g/mol. The van der Waals surface area contributed by atoms with Crippen molar-refractivity contribution < 1.29 is 71.1 Å². The largest absolute Gasteiger partial charge is 0.445 e. The van der Waals surface area contributed by atoms with Gasteiger partial charge in [0, 0.05) is 13.1 Å². The molecule has 322 valence electrons. The van der Waals surface area contributed by atoms with Crippen LogP contribution in [0.15, 0.2) is 30.3 Å².